The molecule has 1 aliphatic carbocycles. The molecule has 1 aromatic carbocycles. The molecule has 3 heterocycles. The van der Waals surface area contributed by atoms with Crippen LogP contribution in [0.15, 0.2) is 16.9 Å². The quantitative estimate of drug-likeness (QED) is 0.707. The highest BCUT2D eigenvalue weighted by Crippen LogP contribution is 2.47. The maximum absolute atomic E-state index is 13.2. The Kier molecular flexibility index (Phi) is 3.96. The summed E-state index contributed by atoms with van der Waals surface area (Å²) in [5.41, 5.74) is 1.50. The van der Waals surface area contributed by atoms with Gasteiger partial charge < -0.3 is 24.6 Å². The van der Waals surface area contributed by atoms with Gasteiger partial charge in [0, 0.05) is 32.2 Å². The number of nitrogens with zero attached hydrogens (tertiary/aromatic N) is 3. The molecule has 0 amide bonds. The molecule has 5 rings (SSSR count). The van der Waals surface area contributed by atoms with Gasteiger partial charge in [-0.1, -0.05) is 0 Å². The molecule has 7 nitrogen and oxygen atoms in total. The molecule has 1 aliphatic heterocycles. The molecule has 28 heavy (non-hydrogen) atoms. The van der Waals surface area contributed by atoms with E-state index in [9.17, 15) is 15.2 Å². The molecular weight excluding hydrogens is 376 g/mol. The Hall–Kier alpha value is -2.76. The first-order valence-corrected chi connectivity index (χ1v) is 10.2. The van der Waals surface area contributed by atoms with E-state index < -0.39 is 0 Å². The van der Waals surface area contributed by atoms with Crippen LogP contribution < -0.4 is 20.4 Å². The number of aromatic hydroxyl groups is 1. The summed E-state index contributed by atoms with van der Waals surface area (Å²) in [6.07, 6.45) is 2.02. The largest absolute Gasteiger partial charge is 0.505 e. The summed E-state index contributed by atoms with van der Waals surface area (Å²) >= 11 is 1.18. The molecule has 1 saturated heterocycles. The highest BCUT2D eigenvalue weighted by molar-refractivity contribution is 7.19. The molecule has 2 aliphatic rings. The van der Waals surface area contributed by atoms with Gasteiger partial charge in [-0.3, -0.25) is 4.79 Å². The van der Waals surface area contributed by atoms with Gasteiger partial charge in [0.2, 0.25) is 5.43 Å². The molecule has 2 N–H and O–H groups in total. The van der Waals surface area contributed by atoms with Crippen molar-refractivity contribution >= 4 is 38.1 Å². The van der Waals surface area contributed by atoms with Gasteiger partial charge >= 0.3 is 0 Å². The minimum absolute atomic E-state index is 0.179. The normalized spacial score (nSPS) is 17.2. The monoisotopic (exact) mass is 396 g/mol. The summed E-state index contributed by atoms with van der Waals surface area (Å²) in [6, 6.07) is 6.04. The number of methoxy groups -OCH3 is 1. The van der Waals surface area contributed by atoms with Gasteiger partial charge in [0.05, 0.1) is 23.7 Å². The highest BCUT2D eigenvalue weighted by atomic mass is 32.1. The first-order valence-electron chi connectivity index (χ1n) is 9.42. The van der Waals surface area contributed by atoms with Crippen molar-refractivity contribution in [2.75, 3.05) is 38.2 Å². The molecule has 0 atom stereocenters. The lowest BCUT2D eigenvalue weighted by Crippen LogP contribution is -2.43. The van der Waals surface area contributed by atoms with E-state index in [0.717, 1.165) is 50.2 Å². The van der Waals surface area contributed by atoms with E-state index in [-0.39, 0.29) is 27.5 Å². The number of thiophene rings is 1. The van der Waals surface area contributed by atoms with Crippen LogP contribution in [0.5, 0.6) is 11.5 Å². The van der Waals surface area contributed by atoms with E-state index in [1.807, 2.05) is 18.2 Å². The Morgan fingerprint density at radius 3 is 2.71 bits per heavy atom. The number of piperazine rings is 1. The summed E-state index contributed by atoms with van der Waals surface area (Å²) in [7, 11) is 1.64. The van der Waals surface area contributed by atoms with Gasteiger partial charge in [-0.15, -0.1) is 11.3 Å². The van der Waals surface area contributed by atoms with Gasteiger partial charge in [0.1, 0.15) is 21.2 Å². The van der Waals surface area contributed by atoms with Crippen LogP contribution in [0.4, 0.5) is 5.69 Å². The van der Waals surface area contributed by atoms with E-state index in [2.05, 4.69) is 14.8 Å². The van der Waals surface area contributed by atoms with Crippen LogP contribution in [0.3, 0.4) is 0 Å². The number of fused-ring (bicyclic) bond motifs is 2. The molecule has 0 bridgehead atoms. The second kappa shape index (κ2) is 6.40. The zero-order valence-electron chi connectivity index (χ0n) is 15.5. The number of ether oxygens (including phenoxy) is 1. The van der Waals surface area contributed by atoms with E-state index in [1.54, 1.807) is 7.11 Å². The fourth-order valence-corrected chi connectivity index (χ4v) is 5.19. The zero-order valence-corrected chi connectivity index (χ0v) is 16.3. The van der Waals surface area contributed by atoms with Crippen LogP contribution in [0, 0.1) is 11.3 Å². The summed E-state index contributed by atoms with van der Waals surface area (Å²) in [6.45, 7) is 3.55. The van der Waals surface area contributed by atoms with Gasteiger partial charge in [-0.05, 0) is 25.0 Å². The summed E-state index contributed by atoms with van der Waals surface area (Å²) in [5.74, 6) is 0.491. The van der Waals surface area contributed by atoms with Gasteiger partial charge in [0.15, 0.2) is 11.5 Å². The van der Waals surface area contributed by atoms with Crippen LogP contribution in [0.2, 0.25) is 0 Å². The number of hydrogen-bond donors (Lipinski definition) is 2. The van der Waals surface area contributed by atoms with Gasteiger partial charge in [0.25, 0.3) is 0 Å². The predicted octanol–water partition coefficient (Wildman–Crippen LogP) is 2.55. The average molecular weight is 396 g/mol. The number of aromatic nitrogens is 1. The summed E-state index contributed by atoms with van der Waals surface area (Å²) in [4.78, 5) is 16.3. The SMILES string of the molecule is COc1c(N2CCNCC2)ccc2c(=O)c3c(O)c(C#N)sc3n(C3CC3)c12. The van der Waals surface area contributed by atoms with Crippen molar-refractivity contribution < 1.29 is 9.84 Å². The lowest BCUT2D eigenvalue weighted by molar-refractivity contribution is 0.415. The minimum Gasteiger partial charge on any atom is -0.505 e. The number of nitrogens with one attached hydrogen (secondary N) is 1. The zero-order chi connectivity index (χ0) is 19.4. The Labute approximate surface area is 165 Å². The molecule has 8 heteroatoms. The van der Waals surface area contributed by atoms with Crippen molar-refractivity contribution in [2.24, 2.45) is 0 Å². The summed E-state index contributed by atoms with van der Waals surface area (Å²) in [5, 5.41) is 24.0. The topological polar surface area (TPSA) is 90.5 Å². The smallest absolute Gasteiger partial charge is 0.202 e. The van der Waals surface area contributed by atoms with Gasteiger partial charge in [-0.2, -0.15) is 5.26 Å². The molecule has 0 radical (unpaired) electrons. The number of pyridine rings is 1. The molecule has 1 saturated carbocycles. The molecular formula is C20H20N4O3S. The Morgan fingerprint density at radius 2 is 2.07 bits per heavy atom. The molecule has 3 aromatic rings. The number of nitriles is 1. The van der Waals surface area contributed by atoms with Crippen LogP contribution in [0.25, 0.3) is 21.1 Å². The average Bonchev–Trinajstić information content (AvgIpc) is 3.51. The van der Waals surface area contributed by atoms with Crippen LogP contribution in [-0.4, -0.2) is 43.0 Å². The fraction of sp³-hybridized carbons (Fsp3) is 0.400. The third kappa shape index (κ3) is 2.40. The second-order valence-corrected chi connectivity index (χ2v) is 8.25. The molecule has 0 unspecified atom stereocenters. The van der Waals surface area contributed by atoms with Crippen LogP contribution in [0.1, 0.15) is 23.8 Å². The van der Waals surface area contributed by atoms with E-state index in [1.165, 1.54) is 11.3 Å². The number of hydrogen-bond acceptors (Lipinski definition) is 7. The number of benzene rings is 1. The first-order chi connectivity index (χ1) is 13.7. The maximum atomic E-state index is 13.2. The van der Waals surface area contributed by atoms with Crippen molar-refractivity contribution in [3.63, 3.8) is 0 Å². The van der Waals surface area contributed by atoms with Crippen molar-refractivity contribution in [3.05, 3.63) is 27.2 Å². The Balaban J connectivity index is 1.91. The van der Waals surface area contributed by atoms with Crippen molar-refractivity contribution in [3.8, 4) is 17.6 Å². The molecule has 2 aromatic heterocycles. The Morgan fingerprint density at radius 1 is 1.32 bits per heavy atom. The van der Waals surface area contributed by atoms with Crippen molar-refractivity contribution in [1.29, 1.82) is 5.26 Å². The fourth-order valence-electron chi connectivity index (χ4n) is 4.12. The number of rotatable bonds is 3. The van der Waals surface area contributed by atoms with Crippen LogP contribution >= 0.6 is 11.3 Å². The molecule has 0 spiro atoms. The first kappa shape index (κ1) is 17.3. The standard InChI is InChI=1S/C20H20N4O3S/c1-27-19-13(23-8-6-22-7-9-23)5-4-12-16(19)24(11-2-3-11)20-15(17(12)25)18(26)14(10-21)28-20/h4-5,11,22,26H,2-3,6-9H2,1H3. The predicted molar refractivity (Wildman–Crippen MR) is 110 cm³/mol. The van der Waals surface area contributed by atoms with E-state index in [0.29, 0.717) is 16.0 Å². The number of anilines is 1. The maximum Gasteiger partial charge on any atom is 0.202 e. The lowest BCUT2D eigenvalue weighted by Gasteiger charge is -2.31. The molecule has 144 valence electrons. The van der Waals surface area contributed by atoms with Crippen molar-refractivity contribution in [2.45, 2.75) is 18.9 Å². The van der Waals surface area contributed by atoms with Gasteiger partial charge in [-0.25, -0.2) is 0 Å². The third-order valence-electron chi connectivity index (χ3n) is 5.58. The van der Waals surface area contributed by atoms with Crippen molar-refractivity contribution in [1.82, 2.24) is 9.88 Å². The summed E-state index contributed by atoms with van der Waals surface area (Å²) < 4.78 is 7.97. The third-order valence-corrected chi connectivity index (χ3v) is 6.66. The Bertz CT molecular complexity index is 1200. The van der Waals surface area contributed by atoms with E-state index >= 15 is 0 Å². The lowest BCUT2D eigenvalue weighted by atomic mass is 10.1. The minimum atomic E-state index is -0.248. The second-order valence-electron chi connectivity index (χ2n) is 7.25. The van der Waals surface area contributed by atoms with E-state index in [4.69, 9.17) is 4.74 Å². The highest BCUT2D eigenvalue weighted by Gasteiger charge is 2.32. The van der Waals surface area contributed by atoms with Crippen LogP contribution in [-0.2, 0) is 0 Å². The molecule has 2 fully saturated rings.